The number of carbonyl (C=O) groups is 1. The fourth-order valence-electron chi connectivity index (χ4n) is 2.29. The number of hydrazine groups is 1. The summed E-state index contributed by atoms with van der Waals surface area (Å²) in [6, 6.07) is 17.7. The zero-order valence-corrected chi connectivity index (χ0v) is 11.7. The first-order valence-corrected chi connectivity index (χ1v) is 6.75. The monoisotopic (exact) mass is 280 g/mol. The van der Waals surface area contributed by atoms with Gasteiger partial charge >= 0.3 is 5.97 Å². The van der Waals surface area contributed by atoms with Crippen LogP contribution in [-0.2, 0) is 4.74 Å². The average molecular weight is 280 g/mol. The molecule has 0 radical (unpaired) electrons. The van der Waals surface area contributed by atoms with E-state index in [0.29, 0.717) is 5.56 Å². The van der Waals surface area contributed by atoms with Gasteiger partial charge in [-0.05, 0) is 35.9 Å². The largest absolute Gasteiger partial charge is 0.465 e. The van der Waals surface area contributed by atoms with Crippen molar-refractivity contribution >= 4 is 11.7 Å². The predicted octanol–water partition coefficient (Wildman–Crippen LogP) is 3.05. The second-order valence-corrected chi connectivity index (χ2v) is 4.77. The third-order valence-electron chi connectivity index (χ3n) is 3.43. The van der Waals surface area contributed by atoms with Gasteiger partial charge in [0.2, 0.25) is 0 Å². The molecule has 1 N–H and O–H groups in total. The van der Waals surface area contributed by atoms with Gasteiger partial charge in [0.05, 0.1) is 24.4 Å². The summed E-state index contributed by atoms with van der Waals surface area (Å²) in [5.74, 6) is -0.325. The number of hydrogen-bond acceptors (Lipinski definition) is 4. The number of anilines is 1. The van der Waals surface area contributed by atoms with Crippen molar-refractivity contribution < 1.29 is 9.53 Å². The number of carbonyl (C=O) groups excluding carboxylic acids is 1. The Hall–Kier alpha value is -2.59. The number of hydrogen-bond donors (Lipinski definition) is 1. The molecule has 21 heavy (non-hydrogen) atoms. The summed E-state index contributed by atoms with van der Waals surface area (Å²) >= 11 is 0. The van der Waals surface area contributed by atoms with Gasteiger partial charge in [-0.1, -0.05) is 30.3 Å². The molecule has 0 aliphatic carbocycles. The molecule has 0 saturated carbocycles. The second-order valence-electron chi connectivity index (χ2n) is 4.77. The van der Waals surface area contributed by atoms with Gasteiger partial charge in [-0.25, -0.2) is 10.2 Å². The van der Waals surface area contributed by atoms with Crippen molar-refractivity contribution in [3.8, 4) is 0 Å². The molecule has 0 spiro atoms. The van der Waals surface area contributed by atoms with Crippen LogP contribution in [0.2, 0.25) is 0 Å². The fourth-order valence-corrected chi connectivity index (χ4v) is 2.29. The van der Waals surface area contributed by atoms with Gasteiger partial charge in [0.1, 0.15) is 0 Å². The number of methoxy groups -OCH3 is 1. The number of nitrogens with zero attached hydrogens (tertiary/aromatic N) is 1. The van der Waals surface area contributed by atoms with Crippen LogP contribution in [-0.4, -0.2) is 13.1 Å². The molecule has 3 rings (SSSR count). The molecule has 4 heteroatoms. The van der Waals surface area contributed by atoms with Gasteiger partial charge in [0, 0.05) is 6.20 Å². The summed E-state index contributed by atoms with van der Waals surface area (Å²) in [7, 11) is 1.38. The standard InChI is InChI=1S/C17H16N2O2/c1-21-17(20)14-7-9-15(10-8-14)19-12-11-16(18-19)13-5-3-2-4-6-13/h2-12,16,18H,1H3. The van der Waals surface area contributed by atoms with E-state index >= 15 is 0 Å². The molecule has 1 atom stereocenters. The Kier molecular flexibility index (Phi) is 3.71. The molecule has 0 amide bonds. The molecular weight excluding hydrogens is 264 g/mol. The highest BCUT2D eigenvalue weighted by Gasteiger charge is 2.17. The van der Waals surface area contributed by atoms with Crippen LogP contribution in [0.3, 0.4) is 0 Å². The molecule has 0 saturated heterocycles. The lowest BCUT2D eigenvalue weighted by molar-refractivity contribution is 0.0601. The van der Waals surface area contributed by atoms with Crippen LogP contribution in [0.1, 0.15) is 22.0 Å². The zero-order valence-electron chi connectivity index (χ0n) is 11.7. The van der Waals surface area contributed by atoms with E-state index in [2.05, 4.69) is 23.6 Å². The summed E-state index contributed by atoms with van der Waals surface area (Å²) in [6.45, 7) is 0. The smallest absolute Gasteiger partial charge is 0.337 e. The van der Waals surface area contributed by atoms with E-state index in [1.165, 1.54) is 12.7 Å². The second kappa shape index (κ2) is 5.81. The number of ether oxygens (including phenoxy) is 1. The molecule has 1 aliphatic rings. The van der Waals surface area contributed by atoms with Crippen molar-refractivity contribution in [1.29, 1.82) is 0 Å². The number of esters is 1. The van der Waals surface area contributed by atoms with E-state index in [-0.39, 0.29) is 12.0 Å². The first-order chi connectivity index (χ1) is 10.3. The van der Waals surface area contributed by atoms with Crippen LogP contribution in [0.5, 0.6) is 0 Å². The van der Waals surface area contributed by atoms with Gasteiger partial charge in [-0.15, -0.1) is 0 Å². The molecule has 2 aromatic carbocycles. The Morgan fingerprint density at radius 2 is 1.81 bits per heavy atom. The lowest BCUT2D eigenvalue weighted by Crippen LogP contribution is -2.30. The van der Waals surface area contributed by atoms with Crippen molar-refractivity contribution in [2.45, 2.75) is 6.04 Å². The van der Waals surface area contributed by atoms with E-state index in [9.17, 15) is 4.79 Å². The van der Waals surface area contributed by atoms with Crippen molar-refractivity contribution in [2.75, 3.05) is 12.1 Å². The van der Waals surface area contributed by atoms with Crippen LogP contribution in [0.25, 0.3) is 0 Å². The molecule has 0 bridgehead atoms. The van der Waals surface area contributed by atoms with Crippen molar-refractivity contribution in [3.63, 3.8) is 0 Å². The van der Waals surface area contributed by atoms with E-state index in [0.717, 1.165) is 5.69 Å². The van der Waals surface area contributed by atoms with Crippen molar-refractivity contribution in [1.82, 2.24) is 5.43 Å². The summed E-state index contributed by atoms with van der Waals surface area (Å²) in [5.41, 5.74) is 6.12. The minimum absolute atomic E-state index is 0.159. The molecule has 1 heterocycles. The zero-order chi connectivity index (χ0) is 14.7. The molecule has 0 fully saturated rings. The SMILES string of the molecule is COC(=O)c1ccc(N2C=CC(c3ccccc3)N2)cc1. The van der Waals surface area contributed by atoms with Gasteiger partial charge in [0.25, 0.3) is 0 Å². The molecular formula is C17H16N2O2. The maximum absolute atomic E-state index is 11.4. The highest BCUT2D eigenvalue weighted by molar-refractivity contribution is 5.89. The summed E-state index contributed by atoms with van der Waals surface area (Å²) in [6.07, 6.45) is 4.09. The highest BCUT2D eigenvalue weighted by Crippen LogP contribution is 2.24. The minimum atomic E-state index is -0.325. The van der Waals surface area contributed by atoms with Crippen LogP contribution < -0.4 is 10.4 Å². The maximum Gasteiger partial charge on any atom is 0.337 e. The van der Waals surface area contributed by atoms with Gasteiger partial charge < -0.3 is 4.74 Å². The normalized spacial score (nSPS) is 17.0. The fraction of sp³-hybridized carbons (Fsp3) is 0.118. The molecule has 1 unspecified atom stereocenters. The highest BCUT2D eigenvalue weighted by atomic mass is 16.5. The topological polar surface area (TPSA) is 41.6 Å². The van der Waals surface area contributed by atoms with Crippen molar-refractivity contribution in [3.05, 3.63) is 78.0 Å². The summed E-state index contributed by atoms with van der Waals surface area (Å²) in [4.78, 5) is 11.4. The Bertz CT molecular complexity index is 650. The lowest BCUT2D eigenvalue weighted by atomic mass is 10.1. The molecule has 4 nitrogen and oxygen atoms in total. The van der Waals surface area contributed by atoms with Gasteiger partial charge in [0.15, 0.2) is 0 Å². The Morgan fingerprint density at radius 1 is 1.10 bits per heavy atom. The first kappa shape index (κ1) is 13.4. The van der Waals surface area contributed by atoms with E-state index in [1.54, 1.807) is 12.1 Å². The predicted molar refractivity (Wildman–Crippen MR) is 81.7 cm³/mol. The molecule has 1 aliphatic heterocycles. The minimum Gasteiger partial charge on any atom is -0.465 e. The van der Waals surface area contributed by atoms with Crippen molar-refractivity contribution in [2.24, 2.45) is 0 Å². The van der Waals surface area contributed by atoms with Gasteiger partial charge in [-0.3, -0.25) is 5.01 Å². The average Bonchev–Trinajstić information content (AvgIpc) is 3.05. The van der Waals surface area contributed by atoms with Crippen LogP contribution in [0, 0.1) is 0 Å². The first-order valence-electron chi connectivity index (χ1n) is 6.75. The number of benzene rings is 2. The Labute approximate surface area is 123 Å². The maximum atomic E-state index is 11.4. The summed E-state index contributed by atoms with van der Waals surface area (Å²) in [5, 5.41) is 1.94. The summed E-state index contributed by atoms with van der Waals surface area (Å²) < 4.78 is 4.69. The lowest BCUT2D eigenvalue weighted by Gasteiger charge is -2.20. The van der Waals surface area contributed by atoms with Crippen LogP contribution in [0.15, 0.2) is 66.9 Å². The van der Waals surface area contributed by atoms with Gasteiger partial charge in [-0.2, -0.15) is 0 Å². The molecule has 2 aromatic rings. The van der Waals surface area contributed by atoms with Crippen LogP contribution >= 0.6 is 0 Å². The quantitative estimate of drug-likeness (QED) is 0.877. The molecule has 106 valence electrons. The third-order valence-corrected chi connectivity index (χ3v) is 3.43. The van der Waals surface area contributed by atoms with Crippen LogP contribution in [0.4, 0.5) is 5.69 Å². The van der Waals surface area contributed by atoms with E-state index < -0.39 is 0 Å². The Balaban J connectivity index is 1.72. The third kappa shape index (κ3) is 2.80. The Morgan fingerprint density at radius 3 is 2.48 bits per heavy atom. The van der Waals surface area contributed by atoms with E-state index in [1.807, 2.05) is 41.5 Å². The van der Waals surface area contributed by atoms with E-state index in [4.69, 9.17) is 4.74 Å². The molecule has 0 aromatic heterocycles. The number of rotatable bonds is 3. The number of nitrogens with one attached hydrogen (secondary N) is 1.